The summed E-state index contributed by atoms with van der Waals surface area (Å²) in [4.78, 5) is 22.6. The van der Waals surface area contributed by atoms with Gasteiger partial charge in [0.05, 0.1) is 18.1 Å². The predicted molar refractivity (Wildman–Crippen MR) is 156 cm³/mol. The van der Waals surface area contributed by atoms with Crippen molar-refractivity contribution in [1.82, 2.24) is 19.4 Å². The van der Waals surface area contributed by atoms with Crippen molar-refractivity contribution >= 4 is 17.1 Å². The Kier molecular flexibility index (Phi) is 6.73. The molecule has 6 heteroatoms. The lowest BCUT2D eigenvalue weighted by molar-refractivity contribution is 0.0567. The molecule has 2 aliphatic heterocycles. The topological polar surface area (TPSA) is 50.6 Å². The van der Waals surface area contributed by atoms with E-state index in [9.17, 15) is 4.79 Å². The predicted octanol–water partition coefficient (Wildman–Crippen LogP) is 6.65. The van der Waals surface area contributed by atoms with Gasteiger partial charge in [-0.2, -0.15) is 0 Å². The molecular formula is C33H44N4O2. The molecule has 0 saturated carbocycles. The van der Waals surface area contributed by atoms with Crippen molar-refractivity contribution in [3.63, 3.8) is 0 Å². The van der Waals surface area contributed by atoms with E-state index in [1.807, 2.05) is 4.90 Å². The minimum Gasteiger partial charge on any atom is -0.453 e. The average molecular weight is 529 g/mol. The zero-order valence-electron chi connectivity index (χ0n) is 24.3. The van der Waals surface area contributed by atoms with Gasteiger partial charge in [0.1, 0.15) is 5.82 Å². The summed E-state index contributed by atoms with van der Waals surface area (Å²) in [5.41, 5.74) is 4.91. The molecule has 1 amide bonds. The van der Waals surface area contributed by atoms with Crippen LogP contribution in [0.2, 0.25) is 0 Å². The Morgan fingerprint density at radius 1 is 1.05 bits per heavy atom. The molecule has 39 heavy (non-hydrogen) atoms. The van der Waals surface area contributed by atoms with Gasteiger partial charge in [0.15, 0.2) is 0 Å². The molecule has 1 aromatic heterocycles. The summed E-state index contributed by atoms with van der Waals surface area (Å²) in [6, 6.07) is 19.3. The van der Waals surface area contributed by atoms with E-state index in [-0.39, 0.29) is 17.0 Å². The highest BCUT2D eigenvalue weighted by Crippen LogP contribution is 2.46. The van der Waals surface area contributed by atoms with Gasteiger partial charge in [0, 0.05) is 35.6 Å². The number of aromatic nitrogens is 2. The van der Waals surface area contributed by atoms with Crippen molar-refractivity contribution in [1.29, 1.82) is 0 Å². The van der Waals surface area contributed by atoms with Crippen LogP contribution in [0, 0.1) is 6.92 Å². The number of ether oxygens (including phenoxy) is 1. The molecule has 0 N–H and O–H groups in total. The smallest absolute Gasteiger partial charge is 0.409 e. The molecule has 2 saturated heterocycles. The van der Waals surface area contributed by atoms with Gasteiger partial charge in [0.2, 0.25) is 0 Å². The Morgan fingerprint density at radius 2 is 1.74 bits per heavy atom. The number of imidazole rings is 1. The quantitative estimate of drug-likeness (QED) is 0.359. The van der Waals surface area contributed by atoms with Gasteiger partial charge in [-0.05, 0) is 102 Å². The van der Waals surface area contributed by atoms with E-state index in [2.05, 4.69) is 85.7 Å². The van der Waals surface area contributed by atoms with Gasteiger partial charge in [0.25, 0.3) is 0 Å². The summed E-state index contributed by atoms with van der Waals surface area (Å²) < 4.78 is 7.80. The van der Waals surface area contributed by atoms with E-state index in [0.717, 1.165) is 37.1 Å². The van der Waals surface area contributed by atoms with Crippen molar-refractivity contribution in [3.8, 4) is 0 Å². The number of hydrogen-bond donors (Lipinski definition) is 0. The summed E-state index contributed by atoms with van der Waals surface area (Å²) >= 11 is 0. The first-order chi connectivity index (χ1) is 18.7. The zero-order chi connectivity index (χ0) is 27.4. The molecule has 3 heterocycles. The normalized spacial score (nSPS) is 26.6. The molecule has 2 bridgehead atoms. The standard InChI is InChI=1S/C33H44N4O2/c1-23-34-29-12-8-9-13-30(29)37(23)27-20-25-14-15-26(21-27)35(25)19-18-33(17-16-24-10-6-7-11-28(24)33)22-36(31(38)39-5)32(2,3)4/h6-13,25-27H,14-22H2,1-5H3/t25-,26+,27?,33?. The summed E-state index contributed by atoms with van der Waals surface area (Å²) in [6.45, 7) is 10.3. The lowest BCUT2D eigenvalue weighted by atomic mass is 9.77. The van der Waals surface area contributed by atoms with Crippen LogP contribution in [0.4, 0.5) is 4.79 Å². The van der Waals surface area contributed by atoms with Crippen molar-refractivity contribution < 1.29 is 9.53 Å². The second kappa shape index (κ2) is 9.96. The van der Waals surface area contributed by atoms with Crippen LogP contribution in [0.5, 0.6) is 0 Å². The van der Waals surface area contributed by atoms with Gasteiger partial charge >= 0.3 is 6.09 Å². The number of carbonyl (C=O) groups excluding carboxylic acids is 1. The molecule has 0 radical (unpaired) electrons. The molecule has 0 spiro atoms. The number of carbonyl (C=O) groups is 1. The molecule has 3 aromatic rings. The van der Waals surface area contributed by atoms with Crippen molar-refractivity contribution in [2.24, 2.45) is 0 Å². The van der Waals surface area contributed by atoms with Gasteiger partial charge in [-0.1, -0.05) is 36.4 Å². The third-order valence-corrected chi connectivity index (χ3v) is 9.97. The number of para-hydroxylation sites is 2. The first-order valence-corrected chi connectivity index (χ1v) is 14.8. The number of rotatable bonds is 6. The van der Waals surface area contributed by atoms with E-state index in [1.54, 1.807) is 0 Å². The van der Waals surface area contributed by atoms with Crippen LogP contribution in [-0.2, 0) is 16.6 Å². The van der Waals surface area contributed by atoms with Gasteiger partial charge in [-0.3, -0.25) is 4.90 Å². The molecule has 208 valence electrons. The van der Waals surface area contributed by atoms with E-state index in [1.165, 1.54) is 49.4 Å². The summed E-state index contributed by atoms with van der Waals surface area (Å²) in [5, 5.41) is 0. The number of methoxy groups -OCH3 is 1. The molecular weight excluding hydrogens is 484 g/mol. The largest absolute Gasteiger partial charge is 0.453 e. The first kappa shape index (κ1) is 26.4. The van der Waals surface area contributed by atoms with E-state index in [4.69, 9.17) is 9.72 Å². The average Bonchev–Trinajstić information content (AvgIpc) is 3.53. The molecule has 2 aromatic carbocycles. The lowest BCUT2D eigenvalue weighted by Gasteiger charge is -2.45. The van der Waals surface area contributed by atoms with Crippen molar-refractivity contribution in [2.45, 2.75) is 102 Å². The highest BCUT2D eigenvalue weighted by molar-refractivity contribution is 5.76. The number of fused-ring (bicyclic) bond motifs is 4. The fraction of sp³-hybridized carbons (Fsp3) is 0.576. The fourth-order valence-electron chi connectivity index (χ4n) is 8.05. The summed E-state index contributed by atoms with van der Waals surface area (Å²) in [7, 11) is 1.50. The maximum absolute atomic E-state index is 13.0. The third kappa shape index (κ3) is 4.65. The first-order valence-electron chi connectivity index (χ1n) is 14.8. The molecule has 2 unspecified atom stereocenters. The van der Waals surface area contributed by atoms with Gasteiger partial charge in [-0.15, -0.1) is 0 Å². The molecule has 6 rings (SSSR count). The SMILES string of the molecule is COC(=O)N(CC1(CCN2[C@@H]3CC[C@H]2CC(n2c(C)nc4ccccc42)C3)CCc2ccccc21)C(C)(C)C. The lowest BCUT2D eigenvalue weighted by Crippen LogP contribution is -2.53. The van der Waals surface area contributed by atoms with Crippen molar-refractivity contribution in [2.75, 3.05) is 20.2 Å². The summed E-state index contributed by atoms with van der Waals surface area (Å²) in [5.74, 6) is 1.14. The molecule has 1 aliphatic carbocycles. The fourth-order valence-corrected chi connectivity index (χ4v) is 8.05. The van der Waals surface area contributed by atoms with Crippen LogP contribution >= 0.6 is 0 Å². The van der Waals surface area contributed by atoms with Crippen LogP contribution in [0.3, 0.4) is 0 Å². The minimum atomic E-state index is -0.305. The Balaban J connectivity index is 1.24. The maximum atomic E-state index is 13.0. The van der Waals surface area contributed by atoms with E-state index in [0.29, 0.717) is 24.7 Å². The minimum absolute atomic E-state index is 0.0501. The van der Waals surface area contributed by atoms with Crippen LogP contribution < -0.4 is 0 Å². The Hall–Kier alpha value is -2.86. The highest BCUT2D eigenvalue weighted by Gasteiger charge is 2.46. The number of benzene rings is 2. The third-order valence-electron chi connectivity index (χ3n) is 9.97. The summed E-state index contributed by atoms with van der Waals surface area (Å²) in [6.07, 6.45) is 7.96. The molecule has 4 atom stereocenters. The Morgan fingerprint density at radius 3 is 2.46 bits per heavy atom. The second-order valence-corrected chi connectivity index (χ2v) is 13.2. The van der Waals surface area contributed by atoms with Gasteiger partial charge < -0.3 is 14.2 Å². The highest BCUT2D eigenvalue weighted by atomic mass is 16.5. The van der Waals surface area contributed by atoms with Crippen LogP contribution in [0.1, 0.15) is 82.3 Å². The monoisotopic (exact) mass is 528 g/mol. The number of aryl methyl sites for hydroxylation is 2. The second-order valence-electron chi connectivity index (χ2n) is 13.2. The Labute approximate surface area is 233 Å². The molecule has 3 aliphatic rings. The zero-order valence-corrected chi connectivity index (χ0v) is 24.3. The number of nitrogens with zero attached hydrogens (tertiary/aromatic N) is 4. The van der Waals surface area contributed by atoms with Crippen LogP contribution in [-0.4, -0.2) is 63.3 Å². The van der Waals surface area contributed by atoms with Gasteiger partial charge in [-0.25, -0.2) is 9.78 Å². The molecule has 2 fully saturated rings. The Bertz CT molecular complexity index is 1340. The number of piperidine rings is 1. The number of amides is 1. The molecule has 6 nitrogen and oxygen atoms in total. The number of hydrogen-bond acceptors (Lipinski definition) is 4. The van der Waals surface area contributed by atoms with Crippen LogP contribution in [0.25, 0.3) is 11.0 Å². The van der Waals surface area contributed by atoms with E-state index < -0.39 is 0 Å². The van der Waals surface area contributed by atoms with Crippen molar-refractivity contribution in [3.05, 3.63) is 65.5 Å². The maximum Gasteiger partial charge on any atom is 0.409 e. The van der Waals surface area contributed by atoms with E-state index >= 15 is 0 Å². The van der Waals surface area contributed by atoms with Crippen LogP contribution in [0.15, 0.2) is 48.5 Å².